The van der Waals surface area contributed by atoms with Crippen LogP contribution >= 0.6 is 15.9 Å². The molecule has 0 aromatic heterocycles. The number of halogens is 2. The fraction of sp³-hybridized carbons (Fsp3) is 0.250. The Labute approximate surface area is 131 Å². The highest BCUT2D eigenvalue weighted by Gasteiger charge is 2.31. The van der Waals surface area contributed by atoms with Crippen LogP contribution in [0.15, 0.2) is 40.9 Å². The van der Waals surface area contributed by atoms with Gasteiger partial charge in [0.05, 0.1) is 0 Å². The van der Waals surface area contributed by atoms with Crippen molar-refractivity contribution in [1.29, 1.82) is 0 Å². The molecule has 3 rings (SSSR count). The zero-order valence-electron chi connectivity index (χ0n) is 11.7. The summed E-state index contributed by atoms with van der Waals surface area (Å²) >= 11 is 3.42. The molecule has 0 amide bonds. The second kappa shape index (κ2) is 5.22. The predicted octanol–water partition coefficient (Wildman–Crippen LogP) is 4.71. The molecule has 0 saturated heterocycles. The van der Waals surface area contributed by atoms with Crippen molar-refractivity contribution >= 4 is 21.6 Å². The third-order valence-electron chi connectivity index (χ3n) is 3.15. The van der Waals surface area contributed by atoms with Gasteiger partial charge in [0.15, 0.2) is 11.5 Å². The van der Waals surface area contributed by atoms with Crippen molar-refractivity contribution in [1.82, 2.24) is 0 Å². The highest BCUT2D eigenvalue weighted by molar-refractivity contribution is 9.10. The van der Waals surface area contributed by atoms with Crippen molar-refractivity contribution in [2.24, 2.45) is 0 Å². The van der Waals surface area contributed by atoms with Gasteiger partial charge >= 0.3 is 0 Å². The Morgan fingerprint density at radius 1 is 1.10 bits per heavy atom. The van der Waals surface area contributed by atoms with Crippen LogP contribution in [-0.4, -0.2) is 5.79 Å². The molecule has 0 radical (unpaired) electrons. The van der Waals surface area contributed by atoms with E-state index < -0.39 is 5.79 Å². The number of hydrogen-bond donors (Lipinski definition) is 1. The molecule has 2 aromatic carbocycles. The van der Waals surface area contributed by atoms with Gasteiger partial charge < -0.3 is 14.8 Å². The maximum atomic E-state index is 13.3. The van der Waals surface area contributed by atoms with Gasteiger partial charge in [-0.2, -0.15) is 0 Å². The molecule has 1 aliphatic rings. The maximum absolute atomic E-state index is 13.3. The minimum Gasteiger partial charge on any atom is -0.449 e. The topological polar surface area (TPSA) is 30.5 Å². The van der Waals surface area contributed by atoms with Crippen LogP contribution in [0.3, 0.4) is 0 Å². The van der Waals surface area contributed by atoms with E-state index in [0.717, 1.165) is 21.5 Å². The number of hydrogen-bond acceptors (Lipinski definition) is 3. The number of anilines is 1. The lowest BCUT2D eigenvalue weighted by Gasteiger charge is -2.16. The van der Waals surface area contributed by atoms with Crippen molar-refractivity contribution in [3.8, 4) is 11.5 Å². The lowest BCUT2D eigenvalue weighted by atomic mass is 10.2. The van der Waals surface area contributed by atoms with Crippen molar-refractivity contribution < 1.29 is 13.9 Å². The van der Waals surface area contributed by atoms with E-state index in [1.807, 2.05) is 32.0 Å². The molecule has 0 bridgehead atoms. The molecule has 21 heavy (non-hydrogen) atoms. The second-order valence-electron chi connectivity index (χ2n) is 5.35. The number of nitrogens with one attached hydrogen (secondary N) is 1. The van der Waals surface area contributed by atoms with E-state index in [4.69, 9.17) is 9.47 Å². The Balaban J connectivity index is 1.74. The van der Waals surface area contributed by atoms with Crippen LogP contribution in [0.25, 0.3) is 0 Å². The quantitative estimate of drug-likeness (QED) is 0.868. The van der Waals surface area contributed by atoms with Gasteiger partial charge in [0.25, 0.3) is 0 Å². The SMILES string of the molecule is CC1(C)Oc2ccc(NCc3cc(F)ccc3Br)cc2O1. The molecule has 2 aromatic rings. The third-order valence-corrected chi connectivity index (χ3v) is 3.92. The summed E-state index contributed by atoms with van der Waals surface area (Å²) in [5.41, 5.74) is 1.75. The Morgan fingerprint density at radius 3 is 2.67 bits per heavy atom. The molecule has 3 nitrogen and oxygen atoms in total. The first-order valence-corrected chi connectivity index (χ1v) is 7.42. The average Bonchev–Trinajstić information content (AvgIpc) is 2.72. The van der Waals surface area contributed by atoms with Gasteiger partial charge in [-0.25, -0.2) is 4.39 Å². The van der Waals surface area contributed by atoms with Crippen LogP contribution in [-0.2, 0) is 6.54 Å². The van der Waals surface area contributed by atoms with E-state index in [-0.39, 0.29) is 5.82 Å². The normalized spacial score (nSPS) is 15.0. The lowest BCUT2D eigenvalue weighted by Crippen LogP contribution is -2.29. The third kappa shape index (κ3) is 3.13. The summed E-state index contributed by atoms with van der Waals surface area (Å²) in [6.07, 6.45) is 0. The molecule has 0 fully saturated rings. The monoisotopic (exact) mass is 351 g/mol. The summed E-state index contributed by atoms with van der Waals surface area (Å²) in [5.74, 6) is 0.565. The van der Waals surface area contributed by atoms with Gasteiger partial charge in [-0.1, -0.05) is 15.9 Å². The van der Waals surface area contributed by atoms with Gasteiger partial charge in [-0.05, 0) is 35.9 Å². The number of rotatable bonds is 3. The molecule has 0 saturated carbocycles. The summed E-state index contributed by atoms with van der Waals surface area (Å²) in [4.78, 5) is 0. The second-order valence-corrected chi connectivity index (χ2v) is 6.21. The maximum Gasteiger partial charge on any atom is 0.246 e. The molecule has 5 heteroatoms. The van der Waals surface area contributed by atoms with Gasteiger partial charge in [0, 0.05) is 36.6 Å². The molecule has 110 valence electrons. The van der Waals surface area contributed by atoms with Gasteiger partial charge in [0.1, 0.15) is 5.82 Å². The molecule has 1 aliphatic heterocycles. The summed E-state index contributed by atoms with van der Waals surface area (Å²) in [6.45, 7) is 4.25. The molecule has 1 N–H and O–H groups in total. The average molecular weight is 352 g/mol. The van der Waals surface area contributed by atoms with Gasteiger partial charge in [0.2, 0.25) is 5.79 Å². The minimum atomic E-state index is -0.632. The largest absolute Gasteiger partial charge is 0.449 e. The summed E-state index contributed by atoms with van der Waals surface area (Å²) in [6, 6.07) is 10.3. The van der Waals surface area contributed by atoms with Crippen LogP contribution in [0, 0.1) is 5.82 Å². The van der Waals surface area contributed by atoms with E-state index in [2.05, 4.69) is 21.2 Å². The molecule has 0 unspecified atom stereocenters. The number of fused-ring (bicyclic) bond motifs is 1. The molecular weight excluding hydrogens is 337 g/mol. The van der Waals surface area contributed by atoms with Crippen molar-refractivity contribution in [2.45, 2.75) is 26.2 Å². The minimum absolute atomic E-state index is 0.248. The predicted molar refractivity (Wildman–Crippen MR) is 83.2 cm³/mol. The Bertz CT molecular complexity index is 688. The smallest absolute Gasteiger partial charge is 0.246 e. The fourth-order valence-corrected chi connectivity index (χ4v) is 2.60. The van der Waals surface area contributed by atoms with E-state index >= 15 is 0 Å². The fourth-order valence-electron chi connectivity index (χ4n) is 2.21. The lowest BCUT2D eigenvalue weighted by molar-refractivity contribution is -0.0431. The summed E-state index contributed by atoms with van der Waals surface area (Å²) < 4.78 is 25.5. The molecule has 1 heterocycles. The first kappa shape index (κ1) is 14.2. The van der Waals surface area contributed by atoms with Gasteiger partial charge in [-0.15, -0.1) is 0 Å². The van der Waals surface area contributed by atoms with Gasteiger partial charge in [-0.3, -0.25) is 0 Å². The first-order chi connectivity index (χ1) is 9.93. The van der Waals surface area contributed by atoms with Crippen LogP contribution in [0.5, 0.6) is 11.5 Å². The van der Waals surface area contributed by atoms with Crippen LogP contribution < -0.4 is 14.8 Å². The van der Waals surface area contributed by atoms with Crippen LogP contribution in [0.1, 0.15) is 19.4 Å². The van der Waals surface area contributed by atoms with E-state index in [0.29, 0.717) is 12.3 Å². The van der Waals surface area contributed by atoms with E-state index in [9.17, 15) is 4.39 Å². The Morgan fingerprint density at radius 2 is 1.86 bits per heavy atom. The zero-order valence-corrected chi connectivity index (χ0v) is 13.3. The highest BCUT2D eigenvalue weighted by Crippen LogP contribution is 2.40. The summed E-state index contributed by atoms with van der Waals surface area (Å²) in [5, 5.41) is 3.25. The standard InChI is InChI=1S/C16H15BrFNO2/c1-16(2)20-14-6-4-12(8-15(14)21-16)19-9-10-7-11(18)3-5-13(10)17/h3-8,19H,9H2,1-2H3. The Kier molecular flexibility index (Phi) is 3.53. The van der Waals surface area contributed by atoms with Crippen molar-refractivity contribution in [3.05, 3.63) is 52.3 Å². The molecule has 0 spiro atoms. The highest BCUT2D eigenvalue weighted by atomic mass is 79.9. The summed E-state index contributed by atoms with van der Waals surface area (Å²) in [7, 11) is 0. The first-order valence-electron chi connectivity index (χ1n) is 6.63. The van der Waals surface area contributed by atoms with Crippen molar-refractivity contribution in [2.75, 3.05) is 5.32 Å². The van der Waals surface area contributed by atoms with Crippen LogP contribution in [0.2, 0.25) is 0 Å². The van der Waals surface area contributed by atoms with Crippen LogP contribution in [0.4, 0.5) is 10.1 Å². The zero-order chi connectivity index (χ0) is 15.0. The number of benzene rings is 2. The Hall–Kier alpha value is -1.75. The molecule has 0 aliphatic carbocycles. The number of ether oxygens (including phenoxy) is 2. The van der Waals surface area contributed by atoms with E-state index in [1.165, 1.54) is 12.1 Å². The molecular formula is C16H15BrFNO2. The molecule has 0 atom stereocenters. The van der Waals surface area contributed by atoms with Crippen molar-refractivity contribution in [3.63, 3.8) is 0 Å². The van der Waals surface area contributed by atoms with E-state index in [1.54, 1.807) is 6.07 Å².